The largest absolute Gasteiger partial charge is 0.419 e. The van der Waals surface area contributed by atoms with Crippen LogP contribution >= 0.6 is 0 Å². The van der Waals surface area contributed by atoms with E-state index in [1.165, 1.54) is 29.7 Å². The molecule has 1 fully saturated rings. The predicted octanol–water partition coefficient (Wildman–Crippen LogP) is 5.32. The Labute approximate surface area is 241 Å². The van der Waals surface area contributed by atoms with Crippen LogP contribution in [0.1, 0.15) is 37.4 Å². The van der Waals surface area contributed by atoms with Gasteiger partial charge in [-0.1, -0.05) is 25.1 Å². The summed E-state index contributed by atoms with van der Waals surface area (Å²) < 4.78 is 125. The standard InChI is InChI=1S/C23H23F7N2O3S.CH3.Y/c1-20(9-10-20)12-19(33)18(14-36(34,35)13-17-4-2-3-11-31-17)32-21(22(25,26)27,23(28,29)30)15-5-7-16(24)8-6-15;;/h2-8,11,18,32H,9-10,12-14H2,1H3;1H3;/q;-1;/t18-;;/m0../s1. The van der Waals surface area contributed by atoms with Gasteiger partial charge in [-0.05, 0) is 48.1 Å². The summed E-state index contributed by atoms with van der Waals surface area (Å²) in [5.41, 5.74) is -6.88. The summed E-state index contributed by atoms with van der Waals surface area (Å²) in [5, 5.41) is 1.35. The van der Waals surface area contributed by atoms with Crippen molar-refractivity contribution in [2.75, 3.05) is 5.75 Å². The Bertz CT molecular complexity index is 1170. The normalized spacial score (nSPS) is 16.1. The Balaban J connectivity index is 0.00000361. The molecular weight excluding hydrogens is 618 g/mol. The Kier molecular flexibility index (Phi) is 11.3. The van der Waals surface area contributed by atoms with Gasteiger partial charge >= 0.3 is 12.4 Å². The number of benzene rings is 1. The molecule has 2 aromatic rings. The number of alkyl halides is 6. The average Bonchev–Trinajstić information content (AvgIpc) is 3.46. The monoisotopic (exact) mass is 644 g/mol. The first-order valence-corrected chi connectivity index (χ1v) is 12.6. The number of carbonyl (C=O) groups is 1. The maximum absolute atomic E-state index is 14.3. The number of aromatic nitrogens is 1. The molecule has 14 heteroatoms. The molecule has 1 aliphatic rings. The van der Waals surface area contributed by atoms with E-state index in [0.29, 0.717) is 37.1 Å². The van der Waals surface area contributed by atoms with Crippen molar-refractivity contribution in [1.82, 2.24) is 10.3 Å². The van der Waals surface area contributed by atoms with Crippen LogP contribution in [-0.4, -0.2) is 43.3 Å². The fourth-order valence-electron chi connectivity index (χ4n) is 3.87. The van der Waals surface area contributed by atoms with E-state index in [-0.39, 0.29) is 45.8 Å². The number of Topliss-reactive ketones (excluding diaryl/α,β-unsaturated/α-hetero) is 1. The van der Waals surface area contributed by atoms with E-state index in [4.69, 9.17) is 0 Å². The SMILES string of the molecule is CC1(CC(=O)[C@H](CS(=O)(=O)Cc2ccccn2)NC(c2ccc(F)cc2)(C(F)(F)F)C(F)(F)F)CC1.[CH3-].[Y]. The number of nitrogens with one attached hydrogen (secondary N) is 1. The van der Waals surface area contributed by atoms with Crippen molar-refractivity contribution in [3.8, 4) is 0 Å². The Morgan fingerprint density at radius 1 is 1.03 bits per heavy atom. The van der Waals surface area contributed by atoms with Gasteiger partial charge in [0.05, 0.1) is 23.2 Å². The number of halogens is 7. The van der Waals surface area contributed by atoms with Crippen LogP contribution in [0.25, 0.3) is 0 Å². The number of nitrogens with zero attached hydrogens (tertiary/aromatic N) is 1. The van der Waals surface area contributed by atoms with Crippen LogP contribution in [0.15, 0.2) is 48.7 Å². The zero-order chi connectivity index (χ0) is 27.0. The van der Waals surface area contributed by atoms with Gasteiger partial charge in [0.15, 0.2) is 15.6 Å². The first-order valence-electron chi connectivity index (χ1n) is 10.8. The third kappa shape index (κ3) is 8.05. The van der Waals surface area contributed by atoms with Gasteiger partial charge in [-0.3, -0.25) is 15.1 Å². The van der Waals surface area contributed by atoms with Crippen molar-refractivity contribution in [2.45, 2.75) is 55.9 Å². The van der Waals surface area contributed by atoms with Crippen LogP contribution in [0.3, 0.4) is 0 Å². The number of ketones is 1. The summed E-state index contributed by atoms with van der Waals surface area (Å²) in [7, 11) is -4.41. The van der Waals surface area contributed by atoms with Gasteiger partial charge in [-0.15, -0.1) is 0 Å². The second-order valence-electron chi connectivity index (χ2n) is 9.28. The molecule has 38 heavy (non-hydrogen) atoms. The number of sulfone groups is 1. The number of carbonyl (C=O) groups excluding carboxylic acids is 1. The van der Waals surface area contributed by atoms with Crippen LogP contribution < -0.4 is 5.32 Å². The predicted molar refractivity (Wildman–Crippen MR) is 122 cm³/mol. The third-order valence-electron chi connectivity index (χ3n) is 6.13. The van der Waals surface area contributed by atoms with E-state index < -0.39 is 74.3 Å². The summed E-state index contributed by atoms with van der Waals surface area (Å²) in [6.07, 6.45) is -10.2. The summed E-state index contributed by atoms with van der Waals surface area (Å²) in [4.78, 5) is 16.8. The third-order valence-corrected chi connectivity index (χ3v) is 7.70. The minimum Gasteiger partial charge on any atom is -0.358 e. The molecule has 0 aliphatic heterocycles. The van der Waals surface area contributed by atoms with Crippen molar-refractivity contribution in [1.29, 1.82) is 0 Å². The molecule has 0 amide bonds. The molecule has 5 nitrogen and oxygen atoms in total. The van der Waals surface area contributed by atoms with Gasteiger partial charge in [0.1, 0.15) is 5.82 Å². The summed E-state index contributed by atoms with van der Waals surface area (Å²) in [5.74, 6) is -4.30. The Morgan fingerprint density at radius 2 is 1.58 bits per heavy atom. The number of pyridine rings is 1. The number of hydrogen-bond donors (Lipinski definition) is 1. The topological polar surface area (TPSA) is 76.1 Å². The van der Waals surface area contributed by atoms with Gasteiger partial charge in [-0.25, -0.2) is 12.8 Å². The summed E-state index contributed by atoms with van der Waals surface area (Å²) >= 11 is 0. The van der Waals surface area contributed by atoms with Gasteiger partial charge in [0, 0.05) is 45.3 Å². The van der Waals surface area contributed by atoms with Crippen molar-refractivity contribution < 1.29 is 76.7 Å². The first-order chi connectivity index (χ1) is 16.5. The maximum Gasteiger partial charge on any atom is 0.419 e. The van der Waals surface area contributed by atoms with Gasteiger partial charge < -0.3 is 7.43 Å². The molecule has 1 N–H and O–H groups in total. The minimum atomic E-state index is -6.07. The zero-order valence-electron chi connectivity index (χ0n) is 20.5. The quantitative estimate of drug-likeness (QED) is 0.280. The Hall–Kier alpha value is -1.44. The van der Waals surface area contributed by atoms with Gasteiger partial charge in [0.25, 0.3) is 0 Å². The molecule has 1 aromatic carbocycles. The molecule has 0 spiro atoms. The smallest absolute Gasteiger partial charge is 0.358 e. The van der Waals surface area contributed by atoms with Crippen LogP contribution in [0, 0.1) is 18.7 Å². The molecule has 1 saturated carbocycles. The van der Waals surface area contributed by atoms with Crippen molar-refractivity contribution >= 4 is 15.6 Å². The first kappa shape index (κ1) is 34.6. The van der Waals surface area contributed by atoms with Crippen LogP contribution in [0.4, 0.5) is 30.7 Å². The Morgan fingerprint density at radius 3 is 2.03 bits per heavy atom. The van der Waals surface area contributed by atoms with E-state index in [0.717, 1.165) is 0 Å². The number of rotatable bonds is 10. The fraction of sp³-hybridized carbons (Fsp3) is 0.458. The van der Waals surface area contributed by atoms with Crippen molar-refractivity contribution in [3.05, 3.63) is 73.2 Å². The average molecular weight is 644 g/mol. The molecule has 0 bridgehead atoms. The molecule has 1 aromatic heterocycles. The molecule has 209 valence electrons. The van der Waals surface area contributed by atoms with E-state index in [1.807, 2.05) is 0 Å². The molecule has 3 rings (SSSR count). The fourth-order valence-corrected chi connectivity index (χ4v) is 5.38. The van der Waals surface area contributed by atoms with Crippen LogP contribution in [0.2, 0.25) is 0 Å². The van der Waals surface area contributed by atoms with E-state index >= 15 is 0 Å². The molecule has 1 heterocycles. The zero-order valence-corrected chi connectivity index (χ0v) is 24.2. The van der Waals surface area contributed by atoms with E-state index in [9.17, 15) is 43.9 Å². The maximum atomic E-state index is 14.3. The van der Waals surface area contributed by atoms with Gasteiger partial charge in [0.2, 0.25) is 5.54 Å². The van der Waals surface area contributed by atoms with Crippen molar-refractivity contribution in [3.63, 3.8) is 0 Å². The molecule has 1 atom stereocenters. The van der Waals surface area contributed by atoms with Crippen LogP contribution in [-0.2, 0) is 58.6 Å². The summed E-state index contributed by atoms with van der Waals surface area (Å²) in [6, 6.07) is 3.35. The number of hydrogen-bond acceptors (Lipinski definition) is 5. The van der Waals surface area contributed by atoms with Crippen molar-refractivity contribution in [2.24, 2.45) is 5.41 Å². The second kappa shape index (κ2) is 12.4. The molecule has 0 unspecified atom stereocenters. The van der Waals surface area contributed by atoms with E-state index in [1.54, 1.807) is 6.92 Å². The molecule has 0 saturated heterocycles. The molecule has 1 radical (unpaired) electrons. The molecular formula is C24H26F7N2O3SY-. The van der Waals surface area contributed by atoms with Gasteiger partial charge in [-0.2, -0.15) is 26.3 Å². The second-order valence-corrected chi connectivity index (χ2v) is 11.4. The molecule has 1 aliphatic carbocycles. The van der Waals surface area contributed by atoms with Crippen LogP contribution in [0.5, 0.6) is 0 Å². The summed E-state index contributed by atoms with van der Waals surface area (Å²) in [6.45, 7) is 1.63. The van der Waals surface area contributed by atoms with E-state index in [2.05, 4.69) is 4.98 Å². The minimum absolute atomic E-state index is 0.